The number of aliphatic carboxylic acids is 1. The summed E-state index contributed by atoms with van der Waals surface area (Å²) in [5.74, 6) is -0.641. The smallest absolute Gasteiger partial charge is 0.320 e. The van der Waals surface area contributed by atoms with Gasteiger partial charge in [0.1, 0.15) is 11.9 Å². The average Bonchev–Trinajstić information content (AvgIpc) is 2.22. The van der Waals surface area contributed by atoms with Crippen LogP contribution in [0.3, 0.4) is 0 Å². The molecule has 8 nitrogen and oxygen atoms in total. The molecule has 7 N–H and O–H groups in total. The third kappa shape index (κ3) is 4.51. The molecule has 0 radical (unpaired) electrons. The number of rotatable bonds is 6. The average molecular weight is 241 g/mol. The molecule has 0 saturated carbocycles. The maximum atomic E-state index is 11.0. The van der Waals surface area contributed by atoms with Gasteiger partial charge in [-0.15, -0.1) is 0 Å². The Hall–Kier alpha value is -2.09. The van der Waals surface area contributed by atoms with Crippen LogP contribution in [0.1, 0.15) is 12.8 Å². The number of aromatic amines is 1. The zero-order valence-corrected chi connectivity index (χ0v) is 9.14. The fourth-order valence-corrected chi connectivity index (χ4v) is 1.21. The molecule has 0 fully saturated rings. The van der Waals surface area contributed by atoms with E-state index in [1.807, 2.05) is 0 Å². The molecule has 0 aliphatic rings. The van der Waals surface area contributed by atoms with Gasteiger partial charge in [0.25, 0.3) is 5.56 Å². The second-order valence-electron chi connectivity index (χ2n) is 3.53. The summed E-state index contributed by atoms with van der Waals surface area (Å²) < 4.78 is 0. The second-order valence-corrected chi connectivity index (χ2v) is 3.53. The number of nitrogens with zero attached hydrogens (tertiary/aromatic N) is 1. The highest BCUT2D eigenvalue weighted by atomic mass is 16.4. The van der Waals surface area contributed by atoms with E-state index in [1.165, 1.54) is 6.07 Å². The van der Waals surface area contributed by atoms with Gasteiger partial charge >= 0.3 is 5.97 Å². The molecule has 94 valence electrons. The van der Waals surface area contributed by atoms with Crippen molar-refractivity contribution in [1.82, 2.24) is 9.97 Å². The van der Waals surface area contributed by atoms with Crippen molar-refractivity contribution >= 4 is 17.7 Å². The summed E-state index contributed by atoms with van der Waals surface area (Å²) in [6.45, 7) is 0.452. The summed E-state index contributed by atoms with van der Waals surface area (Å²) in [7, 11) is 0. The van der Waals surface area contributed by atoms with Crippen molar-refractivity contribution in [2.45, 2.75) is 18.9 Å². The molecule has 1 aromatic rings. The Bertz CT molecular complexity index is 445. The van der Waals surface area contributed by atoms with Crippen molar-refractivity contribution in [3.63, 3.8) is 0 Å². The van der Waals surface area contributed by atoms with Crippen LogP contribution in [0.5, 0.6) is 0 Å². The quantitative estimate of drug-likeness (QED) is 0.399. The van der Waals surface area contributed by atoms with E-state index < -0.39 is 12.0 Å². The van der Waals surface area contributed by atoms with Crippen molar-refractivity contribution in [1.29, 1.82) is 0 Å². The van der Waals surface area contributed by atoms with Gasteiger partial charge in [-0.2, -0.15) is 4.98 Å². The molecule has 0 aromatic carbocycles. The first kappa shape index (κ1) is 13.0. The molecule has 8 heteroatoms. The van der Waals surface area contributed by atoms with E-state index in [-0.39, 0.29) is 17.3 Å². The number of nitrogen functional groups attached to an aromatic ring is 1. The van der Waals surface area contributed by atoms with Crippen LogP contribution in [-0.4, -0.2) is 33.6 Å². The first-order valence-corrected chi connectivity index (χ1v) is 5.08. The highest BCUT2D eigenvalue weighted by molar-refractivity contribution is 5.72. The van der Waals surface area contributed by atoms with Gasteiger partial charge < -0.3 is 21.9 Å². The predicted octanol–water partition coefficient (Wildman–Crippen LogP) is -1.04. The molecule has 1 rings (SSSR count). The number of hydrogen-bond donors (Lipinski definition) is 5. The molecular weight excluding hydrogens is 226 g/mol. The van der Waals surface area contributed by atoms with Crippen molar-refractivity contribution in [2.24, 2.45) is 5.73 Å². The molecule has 0 saturated heterocycles. The van der Waals surface area contributed by atoms with E-state index in [0.29, 0.717) is 19.4 Å². The number of hydrogen-bond acceptors (Lipinski definition) is 6. The van der Waals surface area contributed by atoms with Gasteiger partial charge in [0, 0.05) is 12.6 Å². The van der Waals surface area contributed by atoms with Crippen LogP contribution in [-0.2, 0) is 4.79 Å². The van der Waals surface area contributed by atoms with E-state index in [2.05, 4.69) is 15.3 Å². The minimum atomic E-state index is -1.03. The van der Waals surface area contributed by atoms with Gasteiger partial charge in [0.15, 0.2) is 0 Å². The lowest BCUT2D eigenvalue weighted by Crippen LogP contribution is -2.30. The number of carboxylic acid groups (broad SMARTS) is 1. The Kier molecular flexibility index (Phi) is 4.46. The number of carboxylic acids is 1. The first-order valence-electron chi connectivity index (χ1n) is 5.08. The van der Waals surface area contributed by atoms with Crippen molar-refractivity contribution in [3.8, 4) is 0 Å². The molecule has 0 spiro atoms. The van der Waals surface area contributed by atoms with E-state index in [1.54, 1.807) is 0 Å². The molecule has 1 aromatic heterocycles. The zero-order valence-electron chi connectivity index (χ0n) is 9.14. The van der Waals surface area contributed by atoms with Crippen LogP contribution in [0.4, 0.5) is 11.8 Å². The highest BCUT2D eigenvalue weighted by Gasteiger charge is 2.10. The van der Waals surface area contributed by atoms with E-state index in [0.717, 1.165) is 0 Å². The van der Waals surface area contributed by atoms with Crippen LogP contribution < -0.4 is 22.3 Å². The first-order chi connectivity index (χ1) is 7.99. The Morgan fingerprint density at radius 3 is 2.94 bits per heavy atom. The van der Waals surface area contributed by atoms with Gasteiger partial charge in [-0.1, -0.05) is 0 Å². The van der Waals surface area contributed by atoms with Gasteiger partial charge in [-0.05, 0) is 12.8 Å². The second kappa shape index (κ2) is 5.85. The number of anilines is 2. The Balaban J connectivity index is 2.36. The maximum absolute atomic E-state index is 11.0. The molecule has 0 amide bonds. The number of nitrogens with one attached hydrogen (secondary N) is 2. The van der Waals surface area contributed by atoms with E-state index >= 15 is 0 Å². The summed E-state index contributed by atoms with van der Waals surface area (Å²) in [5, 5.41) is 11.4. The SMILES string of the molecule is Nc1cc(=O)[nH]c(NCCC[C@@H](N)C(=O)O)n1. The monoisotopic (exact) mass is 241 g/mol. The number of carbonyl (C=O) groups is 1. The van der Waals surface area contributed by atoms with Gasteiger partial charge in [0.2, 0.25) is 5.95 Å². The molecule has 0 aliphatic carbocycles. The largest absolute Gasteiger partial charge is 0.480 e. The van der Waals surface area contributed by atoms with Crippen LogP contribution >= 0.6 is 0 Å². The zero-order chi connectivity index (χ0) is 12.8. The van der Waals surface area contributed by atoms with Crippen LogP contribution in [0.25, 0.3) is 0 Å². The number of H-pyrrole nitrogens is 1. The summed E-state index contributed by atoms with van der Waals surface area (Å²) in [6, 6.07) is 0.301. The van der Waals surface area contributed by atoms with Crippen LogP contribution in [0.15, 0.2) is 10.9 Å². The minimum Gasteiger partial charge on any atom is -0.480 e. The Labute approximate surface area is 97.0 Å². The van der Waals surface area contributed by atoms with Crippen molar-refractivity contribution in [2.75, 3.05) is 17.6 Å². The van der Waals surface area contributed by atoms with Gasteiger partial charge in [0.05, 0.1) is 0 Å². The third-order valence-corrected chi connectivity index (χ3v) is 2.06. The fraction of sp³-hybridized carbons (Fsp3) is 0.444. The molecule has 1 heterocycles. The van der Waals surface area contributed by atoms with Crippen molar-refractivity contribution < 1.29 is 9.90 Å². The number of aromatic nitrogens is 2. The summed E-state index contributed by atoms with van der Waals surface area (Å²) in [6.07, 6.45) is 0.890. The predicted molar refractivity (Wildman–Crippen MR) is 62.6 cm³/mol. The van der Waals surface area contributed by atoms with Gasteiger partial charge in [-0.25, -0.2) is 0 Å². The van der Waals surface area contributed by atoms with E-state index in [9.17, 15) is 9.59 Å². The molecule has 0 unspecified atom stereocenters. The molecule has 0 bridgehead atoms. The highest BCUT2D eigenvalue weighted by Crippen LogP contribution is 2.00. The maximum Gasteiger partial charge on any atom is 0.320 e. The minimum absolute atomic E-state index is 0.124. The Morgan fingerprint density at radius 1 is 1.65 bits per heavy atom. The summed E-state index contributed by atoms with van der Waals surface area (Å²) in [4.78, 5) is 27.8. The standard InChI is InChI=1S/C9H15N5O3/c10-5(8(16)17)2-1-3-12-9-13-6(11)4-7(15)14-9/h4-5H,1-3,10H2,(H,16,17)(H4,11,12,13,14,15)/t5-/m1/s1. The van der Waals surface area contributed by atoms with Crippen LogP contribution in [0, 0.1) is 0 Å². The lowest BCUT2D eigenvalue weighted by atomic mass is 10.2. The Morgan fingerprint density at radius 2 is 2.35 bits per heavy atom. The van der Waals surface area contributed by atoms with Crippen molar-refractivity contribution in [3.05, 3.63) is 16.4 Å². The topological polar surface area (TPSA) is 147 Å². The summed E-state index contributed by atoms with van der Waals surface area (Å²) in [5.41, 5.74) is 10.4. The summed E-state index contributed by atoms with van der Waals surface area (Å²) >= 11 is 0. The van der Waals surface area contributed by atoms with E-state index in [4.69, 9.17) is 16.6 Å². The number of nitrogens with two attached hydrogens (primary N) is 2. The molecule has 0 aliphatic heterocycles. The molecular formula is C9H15N5O3. The van der Waals surface area contributed by atoms with Crippen LogP contribution in [0.2, 0.25) is 0 Å². The lowest BCUT2D eigenvalue weighted by Gasteiger charge is -2.07. The molecule has 1 atom stereocenters. The third-order valence-electron chi connectivity index (χ3n) is 2.06. The van der Waals surface area contributed by atoms with Gasteiger partial charge in [-0.3, -0.25) is 14.6 Å². The lowest BCUT2D eigenvalue weighted by molar-refractivity contribution is -0.138. The normalized spacial score (nSPS) is 12.1. The fourth-order valence-electron chi connectivity index (χ4n) is 1.21. The molecule has 17 heavy (non-hydrogen) atoms.